The van der Waals surface area contributed by atoms with Gasteiger partial charge in [0.05, 0.1) is 11.3 Å². The monoisotopic (exact) mass is 486 g/mol. The van der Waals surface area contributed by atoms with Gasteiger partial charge in [-0.2, -0.15) is 0 Å². The van der Waals surface area contributed by atoms with Crippen molar-refractivity contribution in [3.63, 3.8) is 0 Å². The van der Waals surface area contributed by atoms with Gasteiger partial charge in [-0.3, -0.25) is 9.36 Å². The Morgan fingerprint density at radius 2 is 1.57 bits per heavy atom. The summed E-state index contributed by atoms with van der Waals surface area (Å²) in [4.78, 5) is 12.6. The Kier molecular flexibility index (Phi) is 7.23. The number of benzene rings is 3. The summed E-state index contributed by atoms with van der Waals surface area (Å²) in [7, 11) is 0. The number of halogens is 1. The molecule has 1 fully saturated rings. The molecule has 0 atom stereocenters. The Hall–Kier alpha value is -3.45. The van der Waals surface area contributed by atoms with Crippen LogP contribution >= 0.6 is 11.8 Å². The van der Waals surface area contributed by atoms with Crippen LogP contribution < -0.4 is 5.32 Å². The van der Waals surface area contributed by atoms with Crippen molar-refractivity contribution in [1.82, 2.24) is 20.1 Å². The van der Waals surface area contributed by atoms with E-state index in [1.807, 2.05) is 41.0 Å². The lowest BCUT2D eigenvalue weighted by Gasteiger charge is -2.18. The van der Waals surface area contributed by atoms with Gasteiger partial charge in [-0.25, -0.2) is 4.39 Å². The first kappa shape index (κ1) is 23.3. The second-order valence-corrected chi connectivity index (χ2v) is 9.63. The quantitative estimate of drug-likeness (QED) is 0.286. The van der Waals surface area contributed by atoms with Gasteiger partial charge in [0.15, 0.2) is 11.0 Å². The van der Waals surface area contributed by atoms with Gasteiger partial charge in [-0.05, 0) is 42.5 Å². The van der Waals surface area contributed by atoms with Crippen molar-refractivity contribution in [3.05, 3.63) is 102 Å². The fourth-order valence-corrected chi connectivity index (χ4v) is 5.13. The molecule has 1 heterocycles. The van der Waals surface area contributed by atoms with E-state index >= 15 is 0 Å². The third kappa shape index (κ3) is 5.62. The maximum atomic E-state index is 14.4. The zero-order valence-corrected chi connectivity index (χ0v) is 20.1. The molecular weight excluding hydrogens is 459 g/mol. The van der Waals surface area contributed by atoms with Crippen LogP contribution in [0.4, 0.5) is 4.39 Å². The largest absolute Gasteiger partial charge is 0.355 e. The topological polar surface area (TPSA) is 59.8 Å². The molecule has 0 aliphatic heterocycles. The number of hydrogen-bond donors (Lipinski definition) is 1. The molecule has 1 aliphatic rings. The average Bonchev–Trinajstić information content (AvgIpc) is 3.65. The minimum absolute atomic E-state index is 0.0485. The Morgan fingerprint density at radius 1 is 0.943 bits per heavy atom. The van der Waals surface area contributed by atoms with Gasteiger partial charge in [0.2, 0.25) is 5.91 Å². The summed E-state index contributed by atoms with van der Waals surface area (Å²) in [6.45, 7) is 0.573. The highest BCUT2D eigenvalue weighted by molar-refractivity contribution is 7.99. The van der Waals surface area contributed by atoms with E-state index in [4.69, 9.17) is 0 Å². The van der Waals surface area contributed by atoms with Gasteiger partial charge >= 0.3 is 0 Å². The molecule has 7 heteroatoms. The molecule has 1 amide bonds. The van der Waals surface area contributed by atoms with E-state index in [2.05, 4.69) is 39.8 Å². The van der Waals surface area contributed by atoms with Crippen molar-refractivity contribution in [2.75, 3.05) is 12.3 Å². The van der Waals surface area contributed by atoms with E-state index in [-0.39, 0.29) is 29.4 Å². The maximum absolute atomic E-state index is 14.4. The maximum Gasteiger partial charge on any atom is 0.230 e. The first-order chi connectivity index (χ1) is 17.2. The van der Waals surface area contributed by atoms with Crippen LogP contribution in [0.25, 0.3) is 11.4 Å². The SMILES string of the molecule is O=C(CSc1nnc(-c2ccccc2F)n1C1CC1)NCCC(c1ccccc1)c1ccccc1. The van der Waals surface area contributed by atoms with E-state index in [1.54, 1.807) is 18.2 Å². The molecule has 1 aromatic heterocycles. The summed E-state index contributed by atoms with van der Waals surface area (Å²) < 4.78 is 16.3. The van der Waals surface area contributed by atoms with Gasteiger partial charge < -0.3 is 5.32 Å². The minimum atomic E-state index is -0.317. The molecule has 0 unspecified atom stereocenters. The molecule has 5 nitrogen and oxygen atoms in total. The predicted octanol–water partition coefficient (Wildman–Crippen LogP) is 5.85. The Bertz CT molecular complexity index is 1240. The summed E-state index contributed by atoms with van der Waals surface area (Å²) in [5.74, 6) is 0.618. The molecule has 5 rings (SSSR count). The molecule has 1 saturated carbocycles. The lowest BCUT2D eigenvalue weighted by Crippen LogP contribution is -2.27. The van der Waals surface area contributed by atoms with Crippen molar-refractivity contribution in [1.29, 1.82) is 0 Å². The molecule has 4 aromatic rings. The Labute approximate surface area is 208 Å². The first-order valence-electron chi connectivity index (χ1n) is 11.9. The molecule has 0 spiro atoms. The summed E-state index contributed by atoms with van der Waals surface area (Å²) >= 11 is 1.35. The fourth-order valence-electron chi connectivity index (χ4n) is 4.30. The Morgan fingerprint density at radius 3 is 2.20 bits per heavy atom. The number of rotatable bonds is 10. The van der Waals surface area contributed by atoms with Gasteiger partial charge in [-0.15, -0.1) is 10.2 Å². The van der Waals surface area contributed by atoms with Crippen molar-refractivity contribution in [3.8, 4) is 11.4 Å². The zero-order valence-electron chi connectivity index (χ0n) is 19.3. The van der Waals surface area contributed by atoms with E-state index in [1.165, 1.54) is 29.0 Å². The van der Waals surface area contributed by atoms with Crippen molar-refractivity contribution in [2.45, 2.75) is 36.4 Å². The van der Waals surface area contributed by atoms with E-state index < -0.39 is 0 Å². The second-order valence-electron chi connectivity index (χ2n) is 8.69. The number of nitrogens with zero attached hydrogens (tertiary/aromatic N) is 3. The molecule has 35 heavy (non-hydrogen) atoms. The second kappa shape index (κ2) is 10.9. The molecule has 178 valence electrons. The summed E-state index contributed by atoms with van der Waals surface area (Å²) in [5, 5.41) is 12.3. The lowest BCUT2D eigenvalue weighted by atomic mass is 9.88. The Balaban J connectivity index is 1.20. The van der Waals surface area contributed by atoms with E-state index in [0.717, 1.165) is 19.3 Å². The molecule has 1 aliphatic carbocycles. The number of aromatic nitrogens is 3. The number of hydrogen-bond acceptors (Lipinski definition) is 4. The molecule has 0 bridgehead atoms. The molecule has 0 radical (unpaired) electrons. The number of nitrogens with one attached hydrogen (secondary N) is 1. The minimum Gasteiger partial charge on any atom is -0.355 e. The number of carbonyl (C=O) groups excluding carboxylic acids is 1. The van der Waals surface area contributed by atoms with Gasteiger partial charge in [0, 0.05) is 18.5 Å². The summed E-state index contributed by atoms with van der Waals surface area (Å²) in [6.07, 6.45) is 2.83. The van der Waals surface area contributed by atoms with E-state index in [9.17, 15) is 9.18 Å². The van der Waals surface area contributed by atoms with E-state index in [0.29, 0.717) is 23.1 Å². The van der Waals surface area contributed by atoms with Crippen LogP contribution in [0.3, 0.4) is 0 Å². The first-order valence-corrected chi connectivity index (χ1v) is 12.9. The number of amides is 1. The molecule has 1 N–H and O–H groups in total. The van der Waals surface area contributed by atoms with Crippen molar-refractivity contribution >= 4 is 17.7 Å². The van der Waals surface area contributed by atoms with Gasteiger partial charge in [0.25, 0.3) is 0 Å². The zero-order chi connectivity index (χ0) is 24.0. The molecule has 3 aromatic carbocycles. The van der Waals surface area contributed by atoms with Crippen LogP contribution in [0.5, 0.6) is 0 Å². The fraction of sp³-hybridized carbons (Fsp3) is 0.250. The smallest absolute Gasteiger partial charge is 0.230 e. The molecular formula is C28H27FN4OS. The van der Waals surface area contributed by atoms with Crippen LogP contribution in [0.1, 0.15) is 42.3 Å². The van der Waals surface area contributed by atoms with Gasteiger partial charge in [0.1, 0.15) is 5.82 Å². The van der Waals surface area contributed by atoms with Crippen LogP contribution in [-0.2, 0) is 4.79 Å². The predicted molar refractivity (Wildman–Crippen MR) is 137 cm³/mol. The average molecular weight is 487 g/mol. The highest BCUT2D eigenvalue weighted by atomic mass is 32.2. The summed E-state index contributed by atoms with van der Waals surface area (Å²) in [6, 6.07) is 27.6. The number of thioether (sulfide) groups is 1. The summed E-state index contributed by atoms with van der Waals surface area (Å²) in [5.41, 5.74) is 2.91. The molecule has 0 saturated heterocycles. The van der Waals surface area contributed by atoms with Gasteiger partial charge in [-0.1, -0.05) is 84.6 Å². The lowest BCUT2D eigenvalue weighted by molar-refractivity contribution is -0.118. The third-order valence-corrected chi connectivity index (χ3v) is 7.13. The third-order valence-electron chi connectivity index (χ3n) is 6.18. The highest BCUT2D eigenvalue weighted by Crippen LogP contribution is 2.41. The standard InChI is InChI=1S/C28H27FN4OS/c29-25-14-8-7-13-24(25)27-31-32-28(33(27)22-15-16-22)35-19-26(34)30-18-17-23(20-9-3-1-4-10-20)21-11-5-2-6-12-21/h1-14,22-23H,15-19H2,(H,30,34). The van der Waals surface area contributed by atoms with Crippen molar-refractivity contribution < 1.29 is 9.18 Å². The van der Waals surface area contributed by atoms with Crippen molar-refractivity contribution in [2.24, 2.45) is 0 Å². The highest BCUT2D eigenvalue weighted by Gasteiger charge is 2.31. The van der Waals surface area contributed by atoms with Crippen LogP contribution in [0, 0.1) is 5.82 Å². The van der Waals surface area contributed by atoms with Crippen LogP contribution in [0.2, 0.25) is 0 Å². The normalized spacial score (nSPS) is 13.2. The number of carbonyl (C=O) groups is 1. The van der Waals surface area contributed by atoms with Crippen LogP contribution in [-0.4, -0.2) is 33.0 Å². The van der Waals surface area contributed by atoms with Crippen LogP contribution in [0.15, 0.2) is 90.1 Å².